The standard InChI is InChI=1S/C22H42O9S/c1-3-5-25-7-9-27-11-13-29-15-17-31-18-16-30-14-12-28-10-8-26-6-4-19-32-22(24)20-21(2)23/h3-20H2,1-2H3. The Labute approximate surface area is 197 Å². The third-order valence-corrected chi connectivity index (χ3v) is 4.63. The number of hydrogen-bond donors (Lipinski definition) is 0. The first-order valence-corrected chi connectivity index (χ1v) is 12.3. The number of hydrogen-bond acceptors (Lipinski definition) is 10. The zero-order valence-electron chi connectivity index (χ0n) is 19.8. The summed E-state index contributed by atoms with van der Waals surface area (Å²) in [5.74, 6) is 0.567. The number of Topliss-reactive ketones (excluding diaryl/α,β-unsaturated/α-hetero) is 1. The van der Waals surface area contributed by atoms with Crippen molar-refractivity contribution in [3.63, 3.8) is 0 Å². The van der Waals surface area contributed by atoms with Gasteiger partial charge in [-0.2, -0.15) is 0 Å². The summed E-state index contributed by atoms with van der Waals surface area (Å²) in [6.45, 7) is 11.3. The second-order valence-corrected chi connectivity index (χ2v) is 7.89. The second-order valence-electron chi connectivity index (χ2n) is 6.74. The molecule has 10 heteroatoms. The summed E-state index contributed by atoms with van der Waals surface area (Å²) >= 11 is 1.18. The molecule has 0 bridgehead atoms. The zero-order valence-corrected chi connectivity index (χ0v) is 20.6. The predicted octanol–water partition coefficient (Wildman–Crippen LogP) is 2.14. The van der Waals surface area contributed by atoms with Crippen molar-refractivity contribution in [2.24, 2.45) is 0 Å². The van der Waals surface area contributed by atoms with Gasteiger partial charge in [0.05, 0.1) is 85.7 Å². The van der Waals surface area contributed by atoms with Gasteiger partial charge in [-0.1, -0.05) is 18.7 Å². The van der Waals surface area contributed by atoms with Gasteiger partial charge in [0.1, 0.15) is 5.78 Å². The zero-order chi connectivity index (χ0) is 23.5. The Morgan fingerprint density at radius 2 is 0.906 bits per heavy atom. The summed E-state index contributed by atoms with van der Waals surface area (Å²) in [5, 5.41) is -0.0790. The summed E-state index contributed by atoms with van der Waals surface area (Å²) in [6, 6.07) is 0. The van der Waals surface area contributed by atoms with Crippen LogP contribution in [0.15, 0.2) is 0 Å². The fraction of sp³-hybridized carbons (Fsp3) is 0.909. The van der Waals surface area contributed by atoms with E-state index in [1.165, 1.54) is 18.7 Å². The fourth-order valence-corrected chi connectivity index (χ4v) is 2.96. The monoisotopic (exact) mass is 482 g/mol. The molecule has 0 aromatic carbocycles. The second kappa shape index (κ2) is 26.7. The summed E-state index contributed by atoms with van der Waals surface area (Å²) in [7, 11) is 0. The summed E-state index contributed by atoms with van der Waals surface area (Å²) in [5.41, 5.74) is 0. The van der Waals surface area contributed by atoms with Crippen LogP contribution in [0.5, 0.6) is 0 Å². The molecule has 0 N–H and O–H groups in total. The van der Waals surface area contributed by atoms with Crippen LogP contribution in [-0.4, -0.2) is 109 Å². The van der Waals surface area contributed by atoms with Crippen LogP contribution >= 0.6 is 11.8 Å². The smallest absolute Gasteiger partial charge is 0.196 e. The molecule has 0 saturated heterocycles. The number of ketones is 1. The third kappa shape index (κ3) is 27.4. The Morgan fingerprint density at radius 3 is 1.25 bits per heavy atom. The molecule has 0 fully saturated rings. The van der Waals surface area contributed by atoms with Gasteiger partial charge in [-0.05, 0) is 19.8 Å². The van der Waals surface area contributed by atoms with Crippen molar-refractivity contribution in [2.75, 3.05) is 98.2 Å². The number of rotatable bonds is 26. The van der Waals surface area contributed by atoms with E-state index in [4.69, 9.17) is 33.2 Å². The predicted molar refractivity (Wildman–Crippen MR) is 123 cm³/mol. The molecule has 0 aliphatic heterocycles. The van der Waals surface area contributed by atoms with E-state index in [1.54, 1.807) is 0 Å². The van der Waals surface area contributed by atoms with Gasteiger partial charge in [0, 0.05) is 19.0 Å². The minimum Gasteiger partial charge on any atom is -0.379 e. The first-order chi connectivity index (χ1) is 15.7. The lowest BCUT2D eigenvalue weighted by Crippen LogP contribution is -2.14. The Morgan fingerprint density at radius 1 is 0.562 bits per heavy atom. The SMILES string of the molecule is CCCOCCOCCOCCOCCOCCOCCOCCCSC(=O)CC(C)=O. The van der Waals surface area contributed by atoms with E-state index >= 15 is 0 Å². The molecule has 190 valence electrons. The Bertz CT molecular complexity index is 424. The highest BCUT2D eigenvalue weighted by atomic mass is 32.2. The lowest BCUT2D eigenvalue weighted by Gasteiger charge is -2.08. The van der Waals surface area contributed by atoms with Crippen molar-refractivity contribution in [1.29, 1.82) is 0 Å². The third-order valence-electron chi connectivity index (χ3n) is 3.67. The van der Waals surface area contributed by atoms with Gasteiger partial charge in [0.25, 0.3) is 0 Å². The van der Waals surface area contributed by atoms with Gasteiger partial charge in [0.2, 0.25) is 0 Å². The summed E-state index contributed by atoms with van der Waals surface area (Å²) in [6.07, 6.45) is 1.80. The minimum absolute atomic E-state index is 0.00788. The normalized spacial score (nSPS) is 11.2. The van der Waals surface area contributed by atoms with Crippen LogP contribution in [0.1, 0.15) is 33.1 Å². The lowest BCUT2D eigenvalue weighted by atomic mass is 10.3. The van der Waals surface area contributed by atoms with Gasteiger partial charge < -0.3 is 33.2 Å². The van der Waals surface area contributed by atoms with Crippen LogP contribution in [-0.2, 0) is 42.7 Å². The molecule has 0 atom stereocenters. The first-order valence-electron chi connectivity index (χ1n) is 11.4. The van der Waals surface area contributed by atoms with Crippen molar-refractivity contribution in [3.05, 3.63) is 0 Å². The molecule has 0 heterocycles. The quantitative estimate of drug-likeness (QED) is 0.135. The molecule has 9 nitrogen and oxygen atoms in total. The van der Waals surface area contributed by atoms with E-state index in [1.807, 2.05) is 0 Å². The van der Waals surface area contributed by atoms with Crippen LogP contribution in [0.25, 0.3) is 0 Å². The summed E-state index contributed by atoms with van der Waals surface area (Å²) < 4.78 is 37.8. The van der Waals surface area contributed by atoms with Gasteiger partial charge >= 0.3 is 0 Å². The fourth-order valence-electron chi connectivity index (χ4n) is 2.17. The number of carbonyl (C=O) groups excluding carboxylic acids is 2. The van der Waals surface area contributed by atoms with Crippen LogP contribution in [0.3, 0.4) is 0 Å². The molecule has 0 aliphatic carbocycles. The topological polar surface area (TPSA) is 98.8 Å². The largest absolute Gasteiger partial charge is 0.379 e. The first kappa shape index (κ1) is 31.4. The Hall–Kier alpha value is -0.590. The minimum atomic E-state index is -0.0981. The highest BCUT2D eigenvalue weighted by Gasteiger charge is 2.05. The van der Waals surface area contributed by atoms with Crippen molar-refractivity contribution in [1.82, 2.24) is 0 Å². The highest BCUT2D eigenvalue weighted by molar-refractivity contribution is 8.13. The van der Waals surface area contributed by atoms with E-state index in [0.717, 1.165) is 19.4 Å². The maximum Gasteiger partial charge on any atom is 0.196 e. The maximum atomic E-state index is 11.3. The molecular formula is C22H42O9S. The molecule has 0 aromatic heterocycles. The highest BCUT2D eigenvalue weighted by Crippen LogP contribution is 2.07. The molecule has 0 aromatic rings. The van der Waals surface area contributed by atoms with Crippen LogP contribution in [0, 0.1) is 0 Å². The molecule has 0 radical (unpaired) electrons. The average molecular weight is 483 g/mol. The van der Waals surface area contributed by atoms with E-state index in [2.05, 4.69) is 6.92 Å². The molecule has 0 spiro atoms. The molecule has 0 amide bonds. The molecule has 0 rings (SSSR count). The average Bonchev–Trinajstić information content (AvgIpc) is 2.76. The number of thioether (sulfide) groups is 1. The Balaban J connectivity index is 3.06. The number of carbonyl (C=O) groups is 2. The van der Waals surface area contributed by atoms with Gasteiger partial charge in [0.15, 0.2) is 5.12 Å². The lowest BCUT2D eigenvalue weighted by molar-refractivity contribution is -0.121. The van der Waals surface area contributed by atoms with Crippen molar-refractivity contribution in [3.8, 4) is 0 Å². The summed E-state index contributed by atoms with van der Waals surface area (Å²) in [4.78, 5) is 22.1. The van der Waals surface area contributed by atoms with Crippen molar-refractivity contribution >= 4 is 22.7 Å². The molecule has 0 saturated carbocycles. The van der Waals surface area contributed by atoms with Crippen LogP contribution in [0.4, 0.5) is 0 Å². The Kier molecular flexibility index (Phi) is 26.2. The molecule has 0 unspecified atom stereocenters. The molecule has 0 aliphatic rings. The van der Waals surface area contributed by atoms with Gasteiger partial charge in [-0.15, -0.1) is 0 Å². The number of ether oxygens (including phenoxy) is 7. The molecular weight excluding hydrogens is 440 g/mol. The van der Waals surface area contributed by atoms with E-state index in [0.29, 0.717) is 91.6 Å². The van der Waals surface area contributed by atoms with Gasteiger partial charge in [-0.3, -0.25) is 9.59 Å². The molecule has 32 heavy (non-hydrogen) atoms. The van der Waals surface area contributed by atoms with Crippen molar-refractivity contribution < 1.29 is 42.7 Å². The van der Waals surface area contributed by atoms with E-state index in [-0.39, 0.29) is 17.3 Å². The van der Waals surface area contributed by atoms with Gasteiger partial charge in [-0.25, -0.2) is 0 Å². The maximum absolute atomic E-state index is 11.3. The van der Waals surface area contributed by atoms with E-state index < -0.39 is 0 Å². The van der Waals surface area contributed by atoms with E-state index in [9.17, 15) is 9.59 Å². The van der Waals surface area contributed by atoms with Crippen LogP contribution in [0.2, 0.25) is 0 Å². The van der Waals surface area contributed by atoms with Crippen LogP contribution < -0.4 is 0 Å². The van der Waals surface area contributed by atoms with Crippen molar-refractivity contribution in [2.45, 2.75) is 33.1 Å².